The Bertz CT molecular complexity index is 833. The number of ether oxygens (including phenoxy) is 2. The molecule has 0 saturated carbocycles. The van der Waals surface area contributed by atoms with Crippen LogP contribution in [0, 0.1) is 0 Å². The molecular weight excluding hydrogens is 390 g/mol. The van der Waals surface area contributed by atoms with Crippen LogP contribution in [0.25, 0.3) is 0 Å². The van der Waals surface area contributed by atoms with Gasteiger partial charge in [0.25, 0.3) is 0 Å². The minimum absolute atomic E-state index is 0.348. The summed E-state index contributed by atoms with van der Waals surface area (Å²) in [4.78, 5) is 12.7. The summed E-state index contributed by atoms with van der Waals surface area (Å²) in [6.45, 7) is 4.10. The van der Waals surface area contributed by atoms with E-state index >= 15 is 0 Å². The number of nitrogens with zero attached hydrogens (tertiary/aromatic N) is 4. The van der Waals surface area contributed by atoms with Gasteiger partial charge in [0.05, 0.1) is 19.3 Å². The Hall–Kier alpha value is -2.42. The van der Waals surface area contributed by atoms with Crippen LogP contribution >= 0.6 is 15.9 Å². The van der Waals surface area contributed by atoms with Gasteiger partial charge >= 0.3 is 5.97 Å². The number of allylic oxidation sites excluding steroid dienone is 1. The van der Waals surface area contributed by atoms with Crippen LogP contribution in [0.3, 0.4) is 0 Å². The van der Waals surface area contributed by atoms with Gasteiger partial charge in [-0.1, -0.05) is 28.0 Å². The quantitative estimate of drug-likeness (QED) is 0.761. The Kier molecular flexibility index (Phi) is 5.03. The van der Waals surface area contributed by atoms with Gasteiger partial charge in [-0.05, 0) is 42.0 Å². The Labute approximate surface area is 153 Å². The Morgan fingerprint density at radius 1 is 1.44 bits per heavy atom. The molecule has 0 amide bonds. The second kappa shape index (κ2) is 7.22. The second-order valence-corrected chi connectivity index (χ2v) is 6.45. The van der Waals surface area contributed by atoms with E-state index in [1.165, 1.54) is 0 Å². The maximum atomic E-state index is 12.7. The molecule has 1 aromatic carbocycles. The van der Waals surface area contributed by atoms with E-state index in [-0.39, 0.29) is 0 Å². The number of carbonyl (C=O) groups excluding carboxylic acids is 1. The average molecular weight is 408 g/mol. The third-order valence-corrected chi connectivity index (χ3v) is 4.35. The molecule has 1 N–H and O–H groups in total. The number of methoxy groups -OCH3 is 1. The highest BCUT2D eigenvalue weighted by molar-refractivity contribution is 9.10. The van der Waals surface area contributed by atoms with Crippen LogP contribution in [0.1, 0.15) is 31.9 Å². The molecule has 0 fully saturated rings. The van der Waals surface area contributed by atoms with E-state index in [1.807, 2.05) is 25.1 Å². The minimum atomic E-state index is -0.553. The first-order valence-electron chi connectivity index (χ1n) is 7.83. The van der Waals surface area contributed by atoms with Crippen LogP contribution in [0.4, 0.5) is 5.95 Å². The summed E-state index contributed by atoms with van der Waals surface area (Å²) in [5.41, 5.74) is 1.86. The van der Waals surface area contributed by atoms with Crippen molar-refractivity contribution < 1.29 is 14.3 Å². The van der Waals surface area contributed by atoms with Crippen molar-refractivity contribution in [2.24, 2.45) is 0 Å². The number of fused-ring (bicyclic) bond motifs is 1. The molecule has 9 heteroatoms. The fourth-order valence-corrected chi connectivity index (χ4v) is 3.13. The van der Waals surface area contributed by atoms with Gasteiger partial charge < -0.3 is 14.8 Å². The Balaban J connectivity index is 2.16. The Morgan fingerprint density at radius 3 is 2.96 bits per heavy atom. The smallest absolute Gasteiger partial charge is 0.338 e. The lowest BCUT2D eigenvalue weighted by Crippen LogP contribution is -2.30. The molecule has 1 aliphatic heterocycles. The molecule has 2 heterocycles. The number of aromatic nitrogens is 4. The van der Waals surface area contributed by atoms with Crippen LogP contribution in [-0.2, 0) is 9.53 Å². The monoisotopic (exact) mass is 407 g/mol. The van der Waals surface area contributed by atoms with Gasteiger partial charge in [0.2, 0.25) is 5.95 Å². The highest BCUT2D eigenvalue weighted by atomic mass is 79.9. The van der Waals surface area contributed by atoms with E-state index in [1.54, 1.807) is 18.7 Å². The topological polar surface area (TPSA) is 91.2 Å². The Morgan fingerprint density at radius 2 is 2.24 bits per heavy atom. The minimum Gasteiger partial charge on any atom is -0.496 e. The summed E-state index contributed by atoms with van der Waals surface area (Å²) in [5, 5.41) is 14.8. The molecule has 2 aromatic rings. The van der Waals surface area contributed by atoms with Crippen molar-refractivity contribution in [2.75, 3.05) is 19.0 Å². The molecule has 0 bridgehead atoms. The number of rotatable bonds is 5. The summed E-state index contributed by atoms with van der Waals surface area (Å²) >= 11 is 3.47. The van der Waals surface area contributed by atoms with Gasteiger partial charge in [0.1, 0.15) is 11.8 Å². The predicted molar refractivity (Wildman–Crippen MR) is 94.2 cm³/mol. The number of anilines is 1. The molecule has 132 valence electrons. The number of nitrogens with one attached hydrogen (secondary N) is 1. The first-order chi connectivity index (χ1) is 12.1. The summed E-state index contributed by atoms with van der Waals surface area (Å²) in [6.07, 6.45) is 0.743. The lowest BCUT2D eigenvalue weighted by Gasteiger charge is -2.28. The van der Waals surface area contributed by atoms with Crippen molar-refractivity contribution in [2.45, 2.75) is 26.3 Å². The van der Waals surface area contributed by atoms with Gasteiger partial charge in [0, 0.05) is 15.7 Å². The highest BCUT2D eigenvalue weighted by Crippen LogP contribution is 2.39. The number of hydrogen-bond donors (Lipinski definition) is 1. The predicted octanol–water partition coefficient (Wildman–Crippen LogP) is 2.69. The summed E-state index contributed by atoms with van der Waals surface area (Å²) in [5.74, 6) is 0.682. The fourth-order valence-electron chi connectivity index (χ4n) is 2.76. The number of tetrazole rings is 1. The van der Waals surface area contributed by atoms with Crippen molar-refractivity contribution in [3.63, 3.8) is 0 Å². The molecule has 8 nitrogen and oxygen atoms in total. The summed E-state index contributed by atoms with van der Waals surface area (Å²) in [6, 6.07) is 5.04. The lowest BCUT2D eigenvalue weighted by atomic mass is 9.95. The normalized spacial score (nSPS) is 16.2. The van der Waals surface area contributed by atoms with Crippen LogP contribution in [0.2, 0.25) is 0 Å². The molecule has 3 rings (SSSR count). The van der Waals surface area contributed by atoms with Gasteiger partial charge in [0.15, 0.2) is 0 Å². The van der Waals surface area contributed by atoms with Crippen LogP contribution < -0.4 is 10.1 Å². The zero-order valence-corrected chi connectivity index (χ0v) is 15.7. The zero-order chi connectivity index (χ0) is 18.0. The molecule has 0 radical (unpaired) electrons. The summed E-state index contributed by atoms with van der Waals surface area (Å²) in [7, 11) is 1.58. The van der Waals surface area contributed by atoms with Crippen molar-refractivity contribution >= 4 is 27.8 Å². The van der Waals surface area contributed by atoms with E-state index in [4.69, 9.17) is 9.47 Å². The molecule has 0 saturated heterocycles. The maximum absolute atomic E-state index is 12.7. The SMILES string of the molecule is CCCOC(=O)C1=C(C)Nc2nnnn2[C@H]1c1cc(Br)ccc1OC. The van der Waals surface area contributed by atoms with Gasteiger partial charge in [-0.15, -0.1) is 0 Å². The molecule has 0 unspecified atom stereocenters. The molecule has 25 heavy (non-hydrogen) atoms. The molecule has 0 spiro atoms. The third-order valence-electron chi connectivity index (χ3n) is 3.86. The average Bonchev–Trinajstić information content (AvgIpc) is 3.06. The number of halogens is 1. The number of benzene rings is 1. The van der Waals surface area contributed by atoms with Crippen molar-refractivity contribution in [3.8, 4) is 5.75 Å². The zero-order valence-electron chi connectivity index (χ0n) is 14.1. The lowest BCUT2D eigenvalue weighted by molar-refractivity contribution is -0.139. The van der Waals surface area contributed by atoms with Crippen LogP contribution in [0.15, 0.2) is 33.9 Å². The van der Waals surface area contributed by atoms with E-state index < -0.39 is 12.0 Å². The van der Waals surface area contributed by atoms with E-state index in [9.17, 15) is 4.79 Å². The van der Waals surface area contributed by atoms with Crippen molar-refractivity contribution in [1.82, 2.24) is 20.2 Å². The molecule has 0 aliphatic carbocycles. The van der Waals surface area contributed by atoms with Crippen molar-refractivity contribution in [3.05, 3.63) is 39.5 Å². The first kappa shape index (κ1) is 17.4. The second-order valence-electron chi connectivity index (χ2n) is 5.54. The molecular formula is C16H18BrN5O3. The van der Waals surface area contributed by atoms with Gasteiger partial charge in [-0.25, -0.2) is 4.79 Å². The van der Waals surface area contributed by atoms with E-state index in [2.05, 4.69) is 36.8 Å². The number of hydrogen-bond acceptors (Lipinski definition) is 7. The standard InChI is InChI=1S/C16H18BrN5O3/c1-4-7-25-15(23)13-9(2)18-16-19-20-21-22(16)14(13)11-8-10(17)5-6-12(11)24-3/h5-6,8,14H,4,7H2,1-3H3,(H,18,19,21)/t14-/m0/s1. The number of esters is 1. The third kappa shape index (κ3) is 3.23. The molecule has 1 aromatic heterocycles. The number of carbonyl (C=O) groups is 1. The van der Waals surface area contributed by atoms with Crippen LogP contribution in [0.5, 0.6) is 5.75 Å². The highest BCUT2D eigenvalue weighted by Gasteiger charge is 2.36. The maximum Gasteiger partial charge on any atom is 0.338 e. The van der Waals surface area contributed by atoms with E-state index in [0.717, 1.165) is 16.5 Å². The first-order valence-corrected chi connectivity index (χ1v) is 8.62. The van der Waals surface area contributed by atoms with Crippen LogP contribution in [-0.4, -0.2) is 39.9 Å². The largest absolute Gasteiger partial charge is 0.496 e. The van der Waals surface area contributed by atoms with Gasteiger partial charge in [-0.2, -0.15) is 4.68 Å². The molecule has 1 atom stereocenters. The van der Waals surface area contributed by atoms with Gasteiger partial charge in [-0.3, -0.25) is 0 Å². The van der Waals surface area contributed by atoms with E-state index in [0.29, 0.717) is 29.6 Å². The molecule has 1 aliphatic rings. The summed E-state index contributed by atoms with van der Waals surface area (Å²) < 4.78 is 13.3. The van der Waals surface area contributed by atoms with Crippen molar-refractivity contribution in [1.29, 1.82) is 0 Å². The fraction of sp³-hybridized carbons (Fsp3) is 0.375.